The molecule has 0 bridgehead atoms. The summed E-state index contributed by atoms with van der Waals surface area (Å²) in [5, 5.41) is 4.98. The number of hydrogen-bond acceptors (Lipinski definition) is 4. The van der Waals surface area contributed by atoms with Gasteiger partial charge in [0.1, 0.15) is 12.4 Å². The molecule has 6 nitrogen and oxygen atoms in total. The zero-order chi connectivity index (χ0) is 15.4. The molecule has 0 aliphatic carbocycles. The normalized spacial score (nSPS) is 10.5. The molecule has 1 aromatic heterocycles. The molecule has 0 fully saturated rings. The zero-order valence-corrected chi connectivity index (χ0v) is 12.6. The van der Waals surface area contributed by atoms with Crippen molar-refractivity contribution in [1.82, 2.24) is 15.2 Å². The lowest BCUT2D eigenvalue weighted by atomic mass is 10.2. The smallest absolute Gasteiger partial charge is 0.268 e. The van der Waals surface area contributed by atoms with Gasteiger partial charge in [-0.05, 0) is 26.0 Å². The average Bonchev–Trinajstić information content (AvgIpc) is 2.74. The van der Waals surface area contributed by atoms with Crippen LogP contribution >= 0.6 is 11.6 Å². The number of carbonyl (C=O) groups excluding carboxylic acids is 1. The van der Waals surface area contributed by atoms with Crippen LogP contribution in [0.15, 0.2) is 24.3 Å². The Morgan fingerprint density at radius 2 is 2.14 bits per heavy atom. The van der Waals surface area contributed by atoms with E-state index in [1.54, 1.807) is 28.9 Å². The molecule has 0 atom stereocenters. The van der Waals surface area contributed by atoms with Crippen LogP contribution in [0.4, 0.5) is 0 Å². The van der Waals surface area contributed by atoms with Gasteiger partial charge in [0, 0.05) is 0 Å². The number of hydrazine groups is 1. The number of nitrogens with zero attached hydrogens (tertiary/aromatic N) is 2. The van der Waals surface area contributed by atoms with E-state index < -0.39 is 0 Å². The Kier molecular flexibility index (Phi) is 4.82. The number of hydrogen-bond donors (Lipinski definition) is 2. The van der Waals surface area contributed by atoms with Gasteiger partial charge in [-0.2, -0.15) is 5.10 Å². The summed E-state index contributed by atoms with van der Waals surface area (Å²) in [6, 6.07) is 6.91. The molecule has 0 unspecified atom stereocenters. The van der Waals surface area contributed by atoms with E-state index in [1.807, 2.05) is 13.8 Å². The standard InChI is InChI=1S/C14H17ClN4O2/c1-9-13(15)10(2)19(18-9)7-8-21-12-6-4-3-5-11(12)14(20)17-16/h3-6H,7-8,16H2,1-2H3,(H,17,20). The van der Waals surface area contributed by atoms with Gasteiger partial charge in [0.2, 0.25) is 0 Å². The van der Waals surface area contributed by atoms with Gasteiger partial charge >= 0.3 is 0 Å². The molecule has 1 amide bonds. The topological polar surface area (TPSA) is 82.2 Å². The van der Waals surface area contributed by atoms with Crippen LogP contribution in [0.1, 0.15) is 21.7 Å². The highest BCUT2D eigenvalue weighted by molar-refractivity contribution is 6.31. The fourth-order valence-electron chi connectivity index (χ4n) is 1.99. The molecule has 21 heavy (non-hydrogen) atoms. The zero-order valence-electron chi connectivity index (χ0n) is 11.9. The van der Waals surface area contributed by atoms with Crippen LogP contribution in [0, 0.1) is 13.8 Å². The first-order chi connectivity index (χ1) is 10.0. The molecule has 3 N–H and O–H groups in total. The van der Waals surface area contributed by atoms with Gasteiger partial charge in [-0.1, -0.05) is 23.7 Å². The number of carbonyl (C=O) groups is 1. The lowest BCUT2D eigenvalue weighted by molar-refractivity contribution is 0.0949. The molecule has 0 aliphatic heterocycles. The molecular weight excluding hydrogens is 292 g/mol. The quantitative estimate of drug-likeness (QED) is 0.501. The van der Waals surface area contributed by atoms with Crippen LogP contribution in [0.5, 0.6) is 5.75 Å². The summed E-state index contributed by atoms with van der Waals surface area (Å²) in [4.78, 5) is 11.6. The van der Waals surface area contributed by atoms with Gasteiger partial charge < -0.3 is 4.74 Å². The van der Waals surface area contributed by atoms with Gasteiger partial charge in [-0.15, -0.1) is 0 Å². The molecule has 112 valence electrons. The maximum absolute atomic E-state index is 11.6. The number of nitrogen functional groups attached to an aromatic ring is 1. The van der Waals surface area contributed by atoms with Crippen molar-refractivity contribution in [2.45, 2.75) is 20.4 Å². The van der Waals surface area contributed by atoms with E-state index in [1.165, 1.54) is 0 Å². The molecule has 1 aromatic carbocycles. The van der Waals surface area contributed by atoms with Crippen LogP contribution in [0.3, 0.4) is 0 Å². The van der Waals surface area contributed by atoms with Crippen molar-refractivity contribution in [2.24, 2.45) is 5.84 Å². The Morgan fingerprint density at radius 1 is 1.43 bits per heavy atom. The van der Waals surface area contributed by atoms with Crippen molar-refractivity contribution >= 4 is 17.5 Å². The Bertz CT molecular complexity index is 654. The molecule has 2 rings (SSSR count). The number of amides is 1. The first kappa shape index (κ1) is 15.3. The van der Waals surface area contributed by atoms with Crippen LogP contribution in [-0.4, -0.2) is 22.3 Å². The van der Waals surface area contributed by atoms with Crippen molar-refractivity contribution in [3.8, 4) is 5.75 Å². The van der Waals surface area contributed by atoms with E-state index in [0.29, 0.717) is 29.5 Å². The molecular formula is C14H17ClN4O2. The first-order valence-corrected chi connectivity index (χ1v) is 6.84. The van der Waals surface area contributed by atoms with Crippen molar-refractivity contribution in [2.75, 3.05) is 6.61 Å². The lowest BCUT2D eigenvalue weighted by Crippen LogP contribution is -2.30. The monoisotopic (exact) mass is 308 g/mol. The van der Waals surface area contributed by atoms with E-state index in [-0.39, 0.29) is 5.91 Å². The number of rotatable bonds is 5. The average molecular weight is 309 g/mol. The molecule has 0 saturated carbocycles. The molecule has 7 heteroatoms. The van der Waals surface area contributed by atoms with E-state index >= 15 is 0 Å². The predicted molar refractivity (Wildman–Crippen MR) is 80.3 cm³/mol. The fraction of sp³-hybridized carbons (Fsp3) is 0.286. The molecule has 0 saturated heterocycles. The second kappa shape index (κ2) is 6.60. The number of benzene rings is 1. The highest BCUT2D eigenvalue weighted by atomic mass is 35.5. The minimum absolute atomic E-state index is 0.368. The number of aryl methyl sites for hydroxylation is 1. The minimum atomic E-state index is -0.389. The van der Waals surface area contributed by atoms with Crippen LogP contribution in [0.2, 0.25) is 5.02 Å². The second-order valence-corrected chi connectivity index (χ2v) is 4.90. The Balaban J connectivity index is 2.04. The third-order valence-corrected chi connectivity index (χ3v) is 3.66. The van der Waals surface area contributed by atoms with Gasteiger partial charge in [0.15, 0.2) is 0 Å². The van der Waals surface area contributed by atoms with Crippen molar-refractivity contribution < 1.29 is 9.53 Å². The number of aromatic nitrogens is 2. The van der Waals surface area contributed by atoms with Gasteiger partial charge in [0.25, 0.3) is 5.91 Å². The summed E-state index contributed by atoms with van der Waals surface area (Å²) < 4.78 is 7.43. The Hall–Kier alpha value is -2.05. The predicted octanol–water partition coefficient (Wildman–Crippen LogP) is 1.84. The van der Waals surface area contributed by atoms with Gasteiger partial charge in [-0.3, -0.25) is 14.9 Å². The maximum Gasteiger partial charge on any atom is 0.268 e. The highest BCUT2D eigenvalue weighted by Gasteiger charge is 2.12. The van der Waals surface area contributed by atoms with E-state index in [2.05, 4.69) is 10.5 Å². The fourth-order valence-corrected chi connectivity index (χ4v) is 2.13. The summed E-state index contributed by atoms with van der Waals surface area (Å²) in [5.74, 6) is 5.24. The number of ether oxygens (including phenoxy) is 1. The minimum Gasteiger partial charge on any atom is -0.491 e. The number of nitrogens with one attached hydrogen (secondary N) is 1. The number of halogens is 1. The lowest BCUT2D eigenvalue weighted by Gasteiger charge is -2.11. The van der Waals surface area contributed by atoms with Crippen LogP contribution in [-0.2, 0) is 6.54 Å². The molecule has 0 spiro atoms. The largest absolute Gasteiger partial charge is 0.491 e. The summed E-state index contributed by atoms with van der Waals surface area (Å²) in [6.45, 7) is 4.66. The second-order valence-electron chi connectivity index (χ2n) is 4.53. The van der Waals surface area contributed by atoms with E-state index in [0.717, 1.165) is 11.4 Å². The van der Waals surface area contributed by atoms with Crippen molar-refractivity contribution in [1.29, 1.82) is 0 Å². The van der Waals surface area contributed by atoms with Crippen molar-refractivity contribution in [3.63, 3.8) is 0 Å². The first-order valence-electron chi connectivity index (χ1n) is 6.47. The number of nitrogens with two attached hydrogens (primary N) is 1. The highest BCUT2D eigenvalue weighted by Crippen LogP contribution is 2.20. The molecule has 0 radical (unpaired) electrons. The van der Waals surface area contributed by atoms with Crippen LogP contribution < -0.4 is 16.0 Å². The molecule has 2 aromatic rings. The molecule has 0 aliphatic rings. The number of para-hydroxylation sites is 1. The summed E-state index contributed by atoms with van der Waals surface area (Å²) in [5.41, 5.74) is 4.17. The summed E-state index contributed by atoms with van der Waals surface area (Å²) in [7, 11) is 0. The van der Waals surface area contributed by atoms with Crippen molar-refractivity contribution in [3.05, 3.63) is 46.2 Å². The Morgan fingerprint density at radius 3 is 2.76 bits per heavy atom. The third kappa shape index (κ3) is 3.34. The summed E-state index contributed by atoms with van der Waals surface area (Å²) in [6.07, 6.45) is 0. The third-order valence-electron chi connectivity index (χ3n) is 3.12. The van der Waals surface area contributed by atoms with Gasteiger partial charge in [-0.25, -0.2) is 5.84 Å². The molecule has 1 heterocycles. The van der Waals surface area contributed by atoms with Crippen LogP contribution in [0.25, 0.3) is 0 Å². The van der Waals surface area contributed by atoms with Gasteiger partial charge in [0.05, 0.1) is 28.5 Å². The maximum atomic E-state index is 11.6. The van der Waals surface area contributed by atoms with E-state index in [9.17, 15) is 4.79 Å². The SMILES string of the molecule is Cc1nn(CCOc2ccccc2C(=O)NN)c(C)c1Cl. The Labute approximate surface area is 127 Å². The van der Waals surface area contributed by atoms with E-state index in [4.69, 9.17) is 22.2 Å². The summed E-state index contributed by atoms with van der Waals surface area (Å²) >= 11 is 6.09.